The number of carbonyl (C=O) groups excluding carboxylic acids is 3. The molecule has 0 heterocycles. The summed E-state index contributed by atoms with van der Waals surface area (Å²) in [6, 6.07) is 4.01. The van der Waals surface area contributed by atoms with E-state index in [1.54, 1.807) is 13.8 Å². The van der Waals surface area contributed by atoms with Crippen LogP contribution in [0.4, 0.5) is 5.69 Å². The van der Waals surface area contributed by atoms with Crippen LogP contribution in [0.15, 0.2) is 18.2 Å². The number of halogens is 1. The van der Waals surface area contributed by atoms with Crippen LogP contribution >= 0.6 is 11.6 Å². The van der Waals surface area contributed by atoms with E-state index in [4.69, 9.17) is 23.1 Å². The predicted molar refractivity (Wildman–Crippen MR) is 76.6 cm³/mol. The van der Waals surface area contributed by atoms with Crippen molar-refractivity contribution in [3.8, 4) is 0 Å². The van der Waals surface area contributed by atoms with Crippen LogP contribution < -0.4 is 16.8 Å². The van der Waals surface area contributed by atoms with Gasteiger partial charge in [0.2, 0.25) is 17.7 Å². The lowest BCUT2D eigenvalue weighted by Crippen LogP contribution is -2.32. The van der Waals surface area contributed by atoms with Crippen molar-refractivity contribution >= 4 is 35.0 Å². The van der Waals surface area contributed by atoms with Gasteiger partial charge in [-0.15, -0.1) is 11.6 Å². The molecule has 0 saturated heterocycles. The second kappa shape index (κ2) is 5.92. The van der Waals surface area contributed by atoms with Crippen LogP contribution in [-0.2, 0) is 4.79 Å². The van der Waals surface area contributed by atoms with E-state index in [1.165, 1.54) is 18.2 Å². The highest BCUT2D eigenvalue weighted by molar-refractivity contribution is 6.20. The van der Waals surface area contributed by atoms with Gasteiger partial charge in [-0.25, -0.2) is 0 Å². The Bertz CT molecular complexity index is 538. The van der Waals surface area contributed by atoms with E-state index in [0.29, 0.717) is 0 Å². The van der Waals surface area contributed by atoms with E-state index in [2.05, 4.69) is 5.32 Å². The number of primary amides is 2. The molecule has 0 saturated carbocycles. The van der Waals surface area contributed by atoms with Crippen LogP contribution in [0.5, 0.6) is 0 Å². The van der Waals surface area contributed by atoms with Gasteiger partial charge in [0.15, 0.2) is 0 Å². The zero-order chi connectivity index (χ0) is 15.5. The third-order valence-corrected chi connectivity index (χ3v) is 3.38. The van der Waals surface area contributed by atoms with Crippen LogP contribution in [0.1, 0.15) is 34.6 Å². The number of hydrogen-bond acceptors (Lipinski definition) is 3. The molecule has 0 fully saturated rings. The molecule has 1 aromatic rings. The first-order valence-electron chi connectivity index (χ1n) is 5.79. The maximum absolute atomic E-state index is 12.0. The highest BCUT2D eigenvalue weighted by Gasteiger charge is 2.26. The van der Waals surface area contributed by atoms with Gasteiger partial charge in [-0.2, -0.15) is 0 Å². The van der Waals surface area contributed by atoms with E-state index in [9.17, 15) is 14.4 Å². The van der Waals surface area contributed by atoms with E-state index in [1.807, 2.05) is 0 Å². The summed E-state index contributed by atoms with van der Waals surface area (Å²) in [6.45, 7) is 3.34. The summed E-state index contributed by atoms with van der Waals surface area (Å²) in [5.74, 6) is -1.67. The van der Waals surface area contributed by atoms with Gasteiger partial charge in [0, 0.05) is 22.7 Å². The fourth-order valence-electron chi connectivity index (χ4n) is 1.35. The molecule has 0 radical (unpaired) electrons. The van der Waals surface area contributed by atoms with E-state index >= 15 is 0 Å². The van der Waals surface area contributed by atoms with Gasteiger partial charge >= 0.3 is 0 Å². The SMILES string of the molecule is CC(C)(CCl)C(=O)Nc1cc(C(N)=O)cc(C(N)=O)c1. The van der Waals surface area contributed by atoms with Crippen LogP contribution in [0.3, 0.4) is 0 Å². The van der Waals surface area contributed by atoms with E-state index in [-0.39, 0.29) is 28.6 Å². The Labute approximate surface area is 121 Å². The Kier molecular flexibility index (Phi) is 4.73. The fraction of sp³-hybridized carbons (Fsp3) is 0.308. The number of nitrogens with two attached hydrogens (primary N) is 2. The number of carbonyl (C=O) groups is 3. The first-order valence-corrected chi connectivity index (χ1v) is 6.33. The standard InChI is InChI=1S/C13H16ClN3O3/c1-13(2,6-14)12(20)17-9-4-7(10(15)18)3-8(5-9)11(16)19/h3-5H,6H2,1-2H3,(H2,15,18)(H2,16,19)(H,17,20). The maximum Gasteiger partial charge on any atom is 0.248 e. The molecule has 108 valence electrons. The molecule has 0 atom stereocenters. The second-order valence-corrected chi connectivity index (χ2v) is 5.27. The molecule has 3 amide bonds. The van der Waals surface area contributed by atoms with Crippen molar-refractivity contribution in [1.29, 1.82) is 0 Å². The highest BCUT2D eigenvalue weighted by atomic mass is 35.5. The number of amides is 3. The molecule has 20 heavy (non-hydrogen) atoms. The molecular formula is C13H16ClN3O3. The van der Waals surface area contributed by atoms with Crippen molar-refractivity contribution < 1.29 is 14.4 Å². The number of anilines is 1. The molecule has 7 heteroatoms. The minimum Gasteiger partial charge on any atom is -0.366 e. The molecule has 6 nitrogen and oxygen atoms in total. The topological polar surface area (TPSA) is 115 Å². The van der Waals surface area contributed by atoms with Gasteiger partial charge < -0.3 is 16.8 Å². The number of nitrogens with one attached hydrogen (secondary N) is 1. The summed E-state index contributed by atoms with van der Waals surface area (Å²) in [6.07, 6.45) is 0. The average Bonchev–Trinajstić information content (AvgIpc) is 2.38. The molecule has 5 N–H and O–H groups in total. The van der Waals surface area contributed by atoms with Crippen molar-refractivity contribution in [2.24, 2.45) is 16.9 Å². The van der Waals surface area contributed by atoms with E-state index < -0.39 is 17.2 Å². The van der Waals surface area contributed by atoms with Gasteiger partial charge in [0.05, 0.1) is 5.41 Å². The molecule has 0 aliphatic heterocycles. The van der Waals surface area contributed by atoms with Crippen LogP contribution in [0.25, 0.3) is 0 Å². The Morgan fingerprint density at radius 1 is 1.10 bits per heavy atom. The van der Waals surface area contributed by atoms with Crippen LogP contribution in [0.2, 0.25) is 0 Å². The normalized spacial score (nSPS) is 10.9. The maximum atomic E-state index is 12.0. The molecule has 0 spiro atoms. The Morgan fingerprint density at radius 2 is 1.55 bits per heavy atom. The molecule has 0 aliphatic carbocycles. The fourth-order valence-corrected chi connectivity index (χ4v) is 1.47. The largest absolute Gasteiger partial charge is 0.366 e. The number of rotatable bonds is 5. The zero-order valence-electron chi connectivity index (χ0n) is 11.2. The van der Waals surface area contributed by atoms with Crippen molar-refractivity contribution in [3.63, 3.8) is 0 Å². The Morgan fingerprint density at radius 3 is 1.90 bits per heavy atom. The summed E-state index contributed by atoms with van der Waals surface area (Å²) < 4.78 is 0. The van der Waals surface area contributed by atoms with Crippen molar-refractivity contribution in [3.05, 3.63) is 29.3 Å². The third kappa shape index (κ3) is 3.71. The lowest BCUT2D eigenvalue weighted by atomic mass is 9.95. The second-order valence-electron chi connectivity index (χ2n) is 5.00. The molecule has 0 aromatic heterocycles. The minimum absolute atomic E-state index is 0.0836. The van der Waals surface area contributed by atoms with Crippen LogP contribution in [0, 0.1) is 5.41 Å². The molecule has 0 bridgehead atoms. The molecule has 1 aromatic carbocycles. The Balaban J connectivity index is 3.15. The molecule has 0 unspecified atom stereocenters. The number of benzene rings is 1. The Hall–Kier alpha value is -2.08. The van der Waals surface area contributed by atoms with Crippen molar-refractivity contribution in [2.45, 2.75) is 13.8 Å². The summed E-state index contributed by atoms with van der Waals surface area (Å²) in [4.78, 5) is 34.4. The predicted octanol–water partition coefficient (Wildman–Crippen LogP) is 1.09. The summed E-state index contributed by atoms with van der Waals surface area (Å²) in [5.41, 5.74) is 9.97. The quantitative estimate of drug-likeness (QED) is 0.706. The van der Waals surface area contributed by atoms with Gasteiger partial charge in [0.1, 0.15) is 0 Å². The molecule has 0 aliphatic rings. The number of hydrogen-bond donors (Lipinski definition) is 3. The lowest BCUT2D eigenvalue weighted by molar-refractivity contribution is -0.122. The van der Waals surface area contributed by atoms with Gasteiger partial charge in [-0.05, 0) is 32.0 Å². The molecular weight excluding hydrogens is 282 g/mol. The lowest BCUT2D eigenvalue weighted by Gasteiger charge is -2.20. The van der Waals surface area contributed by atoms with Crippen molar-refractivity contribution in [2.75, 3.05) is 11.2 Å². The molecule has 1 rings (SSSR count). The van der Waals surface area contributed by atoms with Crippen LogP contribution in [-0.4, -0.2) is 23.6 Å². The van der Waals surface area contributed by atoms with E-state index in [0.717, 1.165) is 0 Å². The van der Waals surface area contributed by atoms with Crippen molar-refractivity contribution in [1.82, 2.24) is 0 Å². The monoisotopic (exact) mass is 297 g/mol. The van der Waals surface area contributed by atoms with Gasteiger partial charge in [-0.3, -0.25) is 14.4 Å². The van der Waals surface area contributed by atoms with Gasteiger partial charge in [-0.1, -0.05) is 0 Å². The zero-order valence-corrected chi connectivity index (χ0v) is 12.0. The smallest absolute Gasteiger partial charge is 0.248 e. The average molecular weight is 298 g/mol. The number of alkyl halides is 1. The highest BCUT2D eigenvalue weighted by Crippen LogP contribution is 2.21. The third-order valence-electron chi connectivity index (χ3n) is 2.71. The summed E-state index contributed by atoms with van der Waals surface area (Å²) >= 11 is 5.71. The summed E-state index contributed by atoms with van der Waals surface area (Å²) in [5, 5.41) is 2.58. The first kappa shape index (κ1) is 16.0. The minimum atomic E-state index is -0.794. The summed E-state index contributed by atoms with van der Waals surface area (Å²) in [7, 11) is 0. The first-order chi connectivity index (χ1) is 9.17. The van der Waals surface area contributed by atoms with Gasteiger partial charge in [0.25, 0.3) is 0 Å².